The fraction of sp³-hybridized carbons (Fsp3) is 0.0698. The molecule has 216 valence electrons. The van der Waals surface area contributed by atoms with Gasteiger partial charge < -0.3 is 0 Å². The Bertz CT molecular complexity index is 2730. The predicted molar refractivity (Wildman–Crippen MR) is 192 cm³/mol. The molecule has 0 unspecified atom stereocenters. The van der Waals surface area contributed by atoms with Crippen LogP contribution in [0.25, 0.3) is 82.5 Å². The molecule has 7 aromatic carbocycles. The van der Waals surface area contributed by atoms with E-state index in [1.807, 2.05) is 0 Å². The molecule has 0 spiro atoms. The Morgan fingerprint density at radius 3 is 2.04 bits per heavy atom. The summed E-state index contributed by atoms with van der Waals surface area (Å²) in [6.45, 7) is 4.59. The number of hydrogen-bond acceptors (Lipinski definition) is 2. The molecule has 0 bridgehead atoms. The summed E-state index contributed by atoms with van der Waals surface area (Å²) < 4.78 is 2.27. The number of benzene rings is 7. The molecular weight excluding hydrogens is 558 g/mol. The van der Waals surface area contributed by atoms with E-state index in [1.165, 1.54) is 54.2 Å². The SMILES string of the molecule is CC1(C)c2ccccc2-c2c(-c3ccc4c(ccc5ccccc54)c3)nc(-n3c4ccccc4c4cc5ccccc5cc43)nc21. The second-order valence-corrected chi connectivity index (χ2v) is 13.1. The van der Waals surface area contributed by atoms with Crippen LogP contribution >= 0.6 is 0 Å². The van der Waals surface area contributed by atoms with E-state index in [4.69, 9.17) is 9.97 Å². The first-order valence-corrected chi connectivity index (χ1v) is 15.9. The normalized spacial score (nSPS) is 13.6. The Morgan fingerprint density at radius 2 is 1.17 bits per heavy atom. The van der Waals surface area contributed by atoms with Gasteiger partial charge >= 0.3 is 0 Å². The topological polar surface area (TPSA) is 30.7 Å². The molecule has 0 N–H and O–H groups in total. The Balaban J connectivity index is 1.32. The highest BCUT2D eigenvalue weighted by molar-refractivity contribution is 6.13. The van der Waals surface area contributed by atoms with Crippen molar-refractivity contribution in [3.63, 3.8) is 0 Å². The molecule has 0 radical (unpaired) electrons. The average Bonchev–Trinajstić information content (AvgIpc) is 3.54. The summed E-state index contributed by atoms with van der Waals surface area (Å²) in [6, 6.07) is 50.5. The van der Waals surface area contributed by atoms with Crippen LogP contribution in [0, 0.1) is 0 Å². The van der Waals surface area contributed by atoms with Crippen LogP contribution in [0.15, 0.2) is 140 Å². The van der Waals surface area contributed by atoms with Crippen LogP contribution in [0.5, 0.6) is 0 Å². The van der Waals surface area contributed by atoms with Gasteiger partial charge in [0, 0.05) is 27.3 Å². The Hall–Kier alpha value is -5.80. The van der Waals surface area contributed by atoms with Gasteiger partial charge in [0.25, 0.3) is 0 Å². The van der Waals surface area contributed by atoms with Gasteiger partial charge in [-0.3, -0.25) is 4.57 Å². The zero-order valence-corrected chi connectivity index (χ0v) is 25.6. The van der Waals surface area contributed by atoms with Crippen molar-refractivity contribution in [3.05, 3.63) is 151 Å². The number of aromatic nitrogens is 3. The van der Waals surface area contributed by atoms with Gasteiger partial charge in [0.15, 0.2) is 0 Å². The highest BCUT2D eigenvalue weighted by atomic mass is 15.2. The lowest BCUT2D eigenvalue weighted by Gasteiger charge is -2.21. The van der Waals surface area contributed by atoms with Gasteiger partial charge in [0.2, 0.25) is 5.95 Å². The van der Waals surface area contributed by atoms with Gasteiger partial charge in [0.1, 0.15) is 0 Å². The maximum atomic E-state index is 5.52. The van der Waals surface area contributed by atoms with E-state index in [2.05, 4.69) is 158 Å². The van der Waals surface area contributed by atoms with Gasteiger partial charge in [-0.25, -0.2) is 9.97 Å². The van der Waals surface area contributed by atoms with Crippen molar-refractivity contribution < 1.29 is 0 Å². The quantitative estimate of drug-likeness (QED) is 0.188. The average molecular weight is 588 g/mol. The molecular formula is C43H29N3. The minimum atomic E-state index is -0.281. The van der Waals surface area contributed by atoms with Crippen LogP contribution in [0.1, 0.15) is 25.1 Å². The van der Waals surface area contributed by atoms with Gasteiger partial charge in [-0.15, -0.1) is 0 Å². The van der Waals surface area contributed by atoms with Gasteiger partial charge in [-0.05, 0) is 67.7 Å². The van der Waals surface area contributed by atoms with Gasteiger partial charge in [-0.1, -0.05) is 129 Å². The van der Waals surface area contributed by atoms with E-state index in [9.17, 15) is 0 Å². The molecule has 1 aliphatic rings. The van der Waals surface area contributed by atoms with E-state index in [1.54, 1.807) is 0 Å². The van der Waals surface area contributed by atoms with E-state index in [0.717, 1.165) is 33.5 Å². The van der Waals surface area contributed by atoms with Crippen molar-refractivity contribution >= 4 is 54.1 Å². The lowest BCUT2D eigenvalue weighted by atomic mass is 9.85. The first-order chi connectivity index (χ1) is 22.6. The Morgan fingerprint density at radius 1 is 0.500 bits per heavy atom. The lowest BCUT2D eigenvalue weighted by Crippen LogP contribution is -2.18. The minimum absolute atomic E-state index is 0.281. The highest BCUT2D eigenvalue weighted by Crippen LogP contribution is 2.51. The summed E-state index contributed by atoms with van der Waals surface area (Å²) in [5.74, 6) is 0.703. The zero-order valence-electron chi connectivity index (χ0n) is 25.6. The van der Waals surface area contributed by atoms with Crippen molar-refractivity contribution in [1.82, 2.24) is 14.5 Å². The summed E-state index contributed by atoms with van der Waals surface area (Å²) in [5.41, 5.74) is 8.72. The largest absolute Gasteiger partial charge is 0.278 e. The highest BCUT2D eigenvalue weighted by Gasteiger charge is 2.40. The maximum Gasteiger partial charge on any atom is 0.235 e. The van der Waals surface area contributed by atoms with Crippen LogP contribution in [0.3, 0.4) is 0 Å². The summed E-state index contributed by atoms with van der Waals surface area (Å²) in [5, 5.41) is 9.83. The van der Waals surface area contributed by atoms with Crippen molar-refractivity contribution in [2.75, 3.05) is 0 Å². The molecule has 3 nitrogen and oxygen atoms in total. The van der Waals surface area contributed by atoms with Crippen LogP contribution < -0.4 is 0 Å². The van der Waals surface area contributed by atoms with E-state index in [0.29, 0.717) is 5.95 Å². The molecule has 2 heterocycles. The molecule has 10 rings (SSSR count). The molecule has 3 heteroatoms. The second-order valence-electron chi connectivity index (χ2n) is 13.1. The van der Waals surface area contributed by atoms with Crippen molar-refractivity contribution in [1.29, 1.82) is 0 Å². The third kappa shape index (κ3) is 3.43. The summed E-state index contributed by atoms with van der Waals surface area (Å²) >= 11 is 0. The first-order valence-electron chi connectivity index (χ1n) is 15.9. The summed E-state index contributed by atoms with van der Waals surface area (Å²) in [6.07, 6.45) is 0. The fourth-order valence-electron chi connectivity index (χ4n) is 7.87. The van der Waals surface area contributed by atoms with E-state index >= 15 is 0 Å². The molecule has 0 amide bonds. The van der Waals surface area contributed by atoms with Crippen LogP contribution in [-0.2, 0) is 5.41 Å². The summed E-state index contributed by atoms with van der Waals surface area (Å²) in [4.78, 5) is 11.0. The van der Waals surface area contributed by atoms with E-state index < -0.39 is 0 Å². The van der Waals surface area contributed by atoms with Gasteiger partial charge in [-0.2, -0.15) is 0 Å². The van der Waals surface area contributed by atoms with Crippen molar-refractivity contribution in [2.24, 2.45) is 0 Å². The summed E-state index contributed by atoms with van der Waals surface area (Å²) in [7, 11) is 0. The predicted octanol–water partition coefficient (Wildman–Crippen LogP) is 11.0. The minimum Gasteiger partial charge on any atom is -0.278 e. The van der Waals surface area contributed by atoms with E-state index in [-0.39, 0.29) is 5.41 Å². The molecule has 0 atom stereocenters. The Labute approximate surface area is 266 Å². The monoisotopic (exact) mass is 587 g/mol. The number of nitrogens with zero attached hydrogens (tertiary/aromatic N) is 3. The van der Waals surface area contributed by atoms with Crippen LogP contribution in [0.2, 0.25) is 0 Å². The van der Waals surface area contributed by atoms with Crippen molar-refractivity contribution in [2.45, 2.75) is 19.3 Å². The third-order valence-electron chi connectivity index (χ3n) is 10.1. The molecule has 2 aromatic heterocycles. The first kappa shape index (κ1) is 25.5. The third-order valence-corrected chi connectivity index (χ3v) is 10.1. The molecule has 46 heavy (non-hydrogen) atoms. The molecule has 9 aromatic rings. The number of para-hydroxylation sites is 1. The molecule has 0 fully saturated rings. The Kier molecular flexibility index (Phi) is 5.06. The standard InChI is InChI=1S/C43H29N3/c1-43(2)36-17-9-7-16-34(36)39-40(30-21-22-32-29(23-30)20-19-26-11-5-6-14-31(26)32)44-42(45-41(39)43)46-37-18-10-8-15-33(37)35-24-27-12-3-4-13-28(27)25-38(35)46/h3-25H,1-2H3. The smallest absolute Gasteiger partial charge is 0.235 e. The maximum absolute atomic E-state index is 5.52. The molecule has 0 saturated carbocycles. The van der Waals surface area contributed by atoms with Crippen LogP contribution in [0.4, 0.5) is 0 Å². The zero-order chi connectivity index (χ0) is 30.6. The molecule has 1 aliphatic carbocycles. The van der Waals surface area contributed by atoms with Crippen LogP contribution in [-0.4, -0.2) is 14.5 Å². The lowest BCUT2D eigenvalue weighted by molar-refractivity contribution is 0.632. The number of hydrogen-bond donors (Lipinski definition) is 0. The van der Waals surface area contributed by atoms with Gasteiger partial charge in [0.05, 0.1) is 22.4 Å². The molecule has 0 aliphatic heterocycles. The fourth-order valence-corrected chi connectivity index (χ4v) is 7.87. The molecule has 0 saturated heterocycles. The van der Waals surface area contributed by atoms with Crippen molar-refractivity contribution in [3.8, 4) is 28.3 Å². The number of fused-ring (bicyclic) bond motifs is 10. The second kappa shape index (κ2) is 9.12. The number of rotatable bonds is 2.